The van der Waals surface area contributed by atoms with Crippen molar-refractivity contribution >= 4 is 17.9 Å². The maximum Gasteiger partial charge on any atom is 0.225 e. The molecule has 150 valence electrons. The molecular weight excluding hydrogens is 350 g/mol. The molecule has 2 heterocycles. The molecule has 3 aliphatic rings. The van der Waals surface area contributed by atoms with Gasteiger partial charge in [0.2, 0.25) is 11.8 Å². The van der Waals surface area contributed by atoms with Crippen LogP contribution < -0.4 is 5.73 Å². The standard InChI is InChI=1S/C23H31N3O2/c24-20-9-8-19(15-20)22(28)25-13-10-23(11-14-25)16-21(27)26(17-23)12-4-7-18-5-2-1-3-6-18/h1-7,19-20H,8-17,24H2. The van der Waals surface area contributed by atoms with Crippen molar-refractivity contribution in [2.24, 2.45) is 17.1 Å². The number of hydrogen-bond acceptors (Lipinski definition) is 3. The minimum Gasteiger partial charge on any atom is -0.342 e. The van der Waals surface area contributed by atoms with E-state index < -0.39 is 0 Å². The summed E-state index contributed by atoms with van der Waals surface area (Å²) in [6, 6.07) is 10.4. The Balaban J connectivity index is 1.29. The highest BCUT2D eigenvalue weighted by Gasteiger charge is 2.45. The van der Waals surface area contributed by atoms with E-state index in [1.54, 1.807) is 0 Å². The molecule has 1 aliphatic carbocycles. The van der Waals surface area contributed by atoms with Gasteiger partial charge in [-0.05, 0) is 37.7 Å². The summed E-state index contributed by atoms with van der Waals surface area (Å²) >= 11 is 0. The van der Waals surface area contributed by atoms with Crippen molar-refractivity contribution < 1.29 is 9.59 Å². The van der Waals surface area contributed by atoms with Crippen molar-refractivity contribution in [3.05, 3.63) is 42.0 Å². The van der Waals surface area contributed by atoms with E-state index in [-0.39, 0.29) is 29.2 Å². The molecule has 0 bridgehead atoms. The smallest absolute Gasteiger partial charge is 0.225 e. The van der Waals surface area contributed by atoms with Crippen LogP contribution in [0.25, 0.3) is 6.08 Å². The molecule has 0 radical (unpaired) electrons. The van der Waals surface area contributed by atoms with Crippen LogP contribution in [-0.4, -0.2) is 53.8 Å². The van der Waals surface area contributed by atoms with Crippen LogP contribution in [0.3, 0.4) is 0 Å². The molecule has 1 saturated carbocycles. The first-order chi connectivity index (χ1) is 13.5. The molecule has 3 fully saturated rings. The molecule has 1 aromatic carbocycles. The van der Waals surface area contributed by atoms with Crippen molar-refractivity contribution in [1.29, 1.82) is 0 Å². The number of likely N-dealkylation sites (tertiary alicyclic amines) is 2. The lowest BCUT2D eigenvalue weighted by Crippen LogP contribution is -2.46. The molecule has 5 heteroatoms. The van der Waals surface area contributed by atoms with Crippen LogP contribution >= 0.6 is 0 Å². The molecule has 1 spiro atoms. The van der Waals surface area contributed by atoms with Gasteiger partial charge in [0.25, 0.3) is 0 Å². The maximum absolute atomic E-state index is 12.7. The first-order valence-corrected chi connectivity index (χ1v) is 10.6. The average molecular weight is 382 g/mol. The van der Waals surface area contributed by atoms with Gasteiger partial charge in [-0.25, -0.2) is 0 Å². The minimum atomic E-state index is 0.0561. The van der Waals surface area contributed by atoms with Crippen LogP contribution in [0.5, 0.6) is 0 Å². The number of carbonyl (C=O) groups excluding carboxylic acids is 2. The number of piperidine rings is 1. The Bertz CT molecular complexity index is 737. The van der Waals surface area contributed by atoms with Crippen molar-refractivity contribution in [3.8, 4) is 0 Å². The second-order valence-electron chi connectivity index (χ2n) is 8.86. The zero-order chi connectivity index (χ0) is 19.6. The predicted octanol–water partition coefficient (Wildman–Crippen LogP) is 2.67. The molecule has 5 nitrogen and oxygen atoms in total. The Labute approximate surface area is 167 Å². The lowest BCUT2D eigenvalue weighted by molar-refractivity contribution is -0.137. The Morgan fingerprint density at radius 3 is 2.61 bits per heavy atom. The van der Waals surface area contributed by atoms with Gasteiger partial charge < -0.3 is 15.5 Å². The van der Waals surface area contributed by atoms with E-state index in [1.807, 2.05) is 28.0 Å². The van der Waals surface area contributed by atoms with Crippen LogP contribution in [0.15, 0.2) is 36.4 Å². The molecule has 0 aromatic heterocycles. The van der Waals surface area contributed by atoms with Gasteiger partial charge in [0.1, 0.15) is 0 Å². The summed E-state index contributed by atoms with van der Waals surface area (Å²) < 4.78 is 0. The van der Waals surface area contributed by atoms with E-state index in [4.69, 9.17) is 5.73 Å². The Kier molecular flexibility index (Phi) is 5.54. The number of rotatable bonds is 4. The van der Waals surface area contributed by atoms with Gasteiger partial charge in [0.15, 0.2) is 0 Å². The Morgan fingerprint density at radius 2 is 1.93 bits per heavy atom. The third kappa shape index (κ3) is 4.14. The van der Waals surface area contributed by atoms with Gasteiger partial charge in [-0.15, -0.1) is 0 Å². The summed E-state index contributed by atoms with van der Waals surface area (Å²) in [5.74, 6) is 0.655. The monoisotopic (exact) mass is 381 g/mol. The molecule has 4 rings (SSSR count). The lowest BCUT2D eigenvalue weighted by atomic mass is 9.77. The van der Waals surface area contributed by atoms with Crippen LogP contribution in [-0.2, 0) is 9.59 Å². The number of carbonyl (C=O) groups is 2. The SMILES string of the molecule is NC1CCC(C(=O)N2CCC3(CC2)CC(=O)N(CC=Cc2ccccc2)C3)C1. The van der Waals surface area contributed by atoms with Gasteiger partial charge in [-0.2, -0.15) is 0 Å². The van der Waals surface area contributed by atoms with Crippen LogP contribution in [0, 0.1) is 11.3 Å². The fourth-order valence-electron chi connectivity index (χ4n) is 5.06. The summed E-state index contributed by atoms with van der Waals surface area (Å²) in [6.07, 6.45) is 9.38. The van der Waals surface area contributed by atoms with E-state index in [9.17, 15) is 9.59 Å². The molecule has 2 saturated heterocycles. The molecule has 28 heavy (non-hydrogen) atoms. The fraction of sp³-hybridized carbons (Fsp3) is 0.565. The first-order valence-electron chi connectivity index (χ1n) is 10.6. The number of amides is 2. The molecule has 2 amide bonds. The first kappa shape index (κ1) is 19.2. The number of benzene rings is 1. The second kappa shape index (κ2) is 8.08. The second-order valence-corrected chi connectivity index (χ2v) is 8.86. The van der Waals surface area contributed by atoms with E-state index in [0.29, 0.717) is 13.0 Å². The molecular formula is C23H31N3O2. The summed E-state index contributed by atoms with van der Waals surface area (Å²) in [4.78, 5) is 29.3. The highest BCUT2D eigenvalue weighted by Crippen LogP contribution is 2.41. The van der Waals surface area contributed by atoms with Crippen molar-refractivity contribution in [1.82, 2.24) is 9.80 Å². The zero-order valence-electron chi connectivity index (χ0n) is 16.6. The number of nitrogens with two attached hydrogens (primary N) is 1. The average Bonchev–Trinajstić information content (AvgIpc) is 3.26. The quantitative estimate of drug-likeness (QED) is 0.872. The molecule has 2 N–H and O–H groups in total. The van der Waals surface area contributed by atoms with Crippen molar-refractivity contribution in [2.45, 2.75) is 44.6 Å². The minimum absolute atomic E-state index is 0.0561. The highest BCUT2D eigenvalue weighted by atomic mass is 16.2. The van der Waals surface area contributed by atoms with Crippen molar-refractivity contribution in [2.75, 3.05) is 26.2 Å². The topological polar surface area (TPSA) is 66.6 Å². The van der Waals surface area contributed by atoms with Crippen LogP contribution in [0.2, 0.25) is 0 Å². The molecule has 1 aromatic rings. The van der Waals surface area contributed by atoms with Crippen molar-refractivity contribution in [3.63, 3.8) is 0 Å². The largest absolute Gasteiger partial charge is 0.342 e. The highest BCUT2D eigenvalue weighted by molar-refractivity contribution is 5.81. The van der Waals surface area contributed by atoms with Crippen LogP contribution in [0.1, 0.15) is 44.1 Å². The van der Waals surface area contributed by atoms with Gasteiger partial charge in [0, 0.05) is 50.0 Å². The van der Waals surface area contributed by atoms with Gasteiger partial charge >= 0.3 is 0 Å². The fourth-order valence-corrected chi connectivity index (χ4v) is 5.06. The van der Waals surface area contributed by atoms with E-state index >= 15 is 0 Å². The van der Waals surface area contributed by atoms with E-state index in [0.717, 1.165) is 57.3 Å². The number of hydrogen-bond donors (Lipinski definition) is 1. The Hall–Kier alpha value is -2.14. The maximum atomic E-state index is 12.7. The third-order valence-corrected chi connectivity index (χ3v) is 6.80. The lowest BCUT2D eigenvalue weighted by Gasteiger charge is -2.39. The molecule has 2 aliphatic heterocycles. The Morgan fingerprint density at radius 1 is 1.18 bits per heavy atom. The predicted molar refractivity (Wildman–Crippen MR) is 110 cm³/mol. The third-order valence-electron chi connectivity index (χ3n) is 6.80. The number of nitrogens with zero attached hydrogens (tertiary/aromatic N) is 2. The van der Waals surface area contributed by atoms with E-state index in [2.05, 4.69) is 24.3 Å². The van der Waals surface area contributed by atoms with E-state index in [1.165, 1.54) is 0 Å². The molecule has 2 atom stereocenters. The van der Waals surface area contributed by atoms with Gasteiger partial charge in [0.05, 0.1) is 0 Å². The van der Waals surface area contributed by atoms with Crippen LogP contribution in [0.4, 0.5) is 0 Å². The normalized spacial score (nSPS) is 27.2. The summed E-state index contributed by atoms with van der Waals surface area (Å²) in [5.41, 5.74) is 7.19. The van der Waals surface area contributed by atoms with Gasteiger partial charge in [-0.1, -0.05) is 42.5 Å². The summed E-state index contributed by atoms with van der Waals surface area (Å²) in [6.45, 7) is 3.05. The summed E-state index contributed by atoms with van der Waals surface area (Å²) in [7, 11) is 0. The zero-order valence-corrected chi connectivity index (χ0v) is 16.6. The van der Waals surface area contributed by atoms with Gasteiger partial charge in [-0.3, -0.25) is 9.59 Å². The summed E-state index contributed by atoms with van der Waals surface area (Å²) in [5, 5.41) is 0. The molecule has 2 unspecified atom stereocenters.